The lowest BCUT2D eigenvalue weighted by atomic mass is 10.0. The molecule has 7 N–H and O–H groups in total. The van der Waals surface area contributed by atoms with E-state index in [1.165, 1.54) is 10.8 Å². The molecule has 2 aliphatic rings. The summed E-state index contributed by atoms with van der Waals surface area (Å²) in [5, 5.41) is 20.6. The fourth-order valence-electron chi connectivity index (χ4n) is 3.77. The normalized spacial score (nSPS) is 29.7. The van der Waals surface area contributed by atoms with Gasteiger partial charge in [0.15, 0.2) is 0 Å². The average molecular weight is 552 g/mol. The number of aromatic nitrogens is 2. The number of ether oxygens (including phenoxy) is 1. The molecule has 34 heavy (non-hydrogen) atoms. The third-order valence-corrected chi connectivity index (χ3v) is 9.00. The molecule has 194 valence electrons. The minimum absolute atomic E-state index is 0.173. The number of aromatic amines is 1. The van der Waals surface area contributed by atoms with Gasteiger partial charge in [0, 0.05) is 12.2 Å². The zero-order chi connectivity index (χ0) is 25.5. The van der Waals surface area contributed by atoms with Gasteiger partial charge in [0.25, 0.3) is 5.56 Å². The summed E-state index contributed by atoms with van der Waals surface area (Å²) < 4.78 is 52.1. The van der Waals surface area contributed by atoms with Crippen molar-refractivity contribution in [1.29, 1.82) is 0 Å². The summed E-state index contributed by atoms with van der Waals surface area (Å²) in [4.78, 5) is 62.3. The van der Waals surface area contributed by atoms with E-state index in [2.05, 4.69) is 18.1 Å². The minimum atomic E-state index is -5.74. The van der Waals surface area contributed by atoms with Crippen molar-refractivity contribution >= 4 is 23.5 Å². The van der Waals surface area contributed by atoms with Crippen LogP contribution in [0.1, 0.15) is 43.4 Å². The summed E-state index contributed by atoms with van der Waals surface area (Å²) in [7, 11) is -16.8. The topological polar surface area (TPSA) is 264 Å². The molecule has 0 radical (unpaired) electrons. The largest absolute Gasteiger partial charge is 0.490 e. The second-order valence-electron chi connectivity index (χ2n) is 7.65. The van der Waals surface area contributed by atoms with Gasteiger partial charge in [-0.15, -0.1) is 0 Å². The average Bonchev–Trinajstić information content (AvgIpc) is 3.28. The first-order valence-electron chi connectivity index (χ1n) is 9.74. The second-order valence-corrected chi connectivity index (χ2v) is 12.1. The van der Waals surface area contributed by atoms with E-state index in [0.29, 0.717) is 12.8 Å². The summed E-state index contributed by atoms with van der Waals surface area (Å²) in [5.41, 5.74) is -1.74. The van der Waals surface area contributed by atoms with Gasteiger partial charge >= 0.3 is 29.2 Å². The summed E-state index contributed by atoms with van der Waals surface area (Å²) in [5.74, 6) is 0. The highest BCUT2D eigenvalue weighted by Gasteiger charge is 2.47. The van der Waals surface area contributed by atoms with Gasteiger partial charge in [-0.1, -0.05) is 12.8 Å². The van der Waals surface area contributed by atoms with E-state index in [-0.39, 0.29) is 11.6 Å². The number of aliphatic hydroxyl groups excluding tert-OH is 2. The summed E-state index contributed by atoms with van der Waals surface area (Å²) in [6.07, 6.45) is -2.16. The van der Waals surface area contributed by atoms with Gasteiger partial charge < -0.3 is 34.5 Å². The van der Waals surface area contributed by atoms with Gasteiger partial charge in [-0.2, -0.15) is 8.62 Å². The minimum Gasteiger partial charge on any atom is -0.387 e. The van der Waals surface area contributed by atoms with Crippen molar-refractivity contribution in [2.24, 2.45) is 0 Å². The molecule has 0 spiro atoms. The molecular formula is C14H23N2O15P3. The van der Waals surface area contributed by atoms with Crippen LogP contribution in [-0.4, -0.2) is 64.3 Å². The molecule has 17 nitrogen and oxygen atoms in total. The number of rotatable bonds is 9. The summed E-state index contributed by atoms with van der Waals surface area (Å²) >= 11 is 0. The van der Waals surface area contributed by atoms with Crippen LogP contribution < -0.4 is 11.2 Å². The van der Waals surface area contributed by atoms with Crippen LogP contribution in [0.2, 0.25) is 0 Å². The number of hydrogen-bond acceptors (Lipinski definition) is 11. The maximum atomic E-state index is 12.3. The lowest BCUT2D eigenvalue weighted by Crippen LogP contribution is -2.37. The van der Waals surface area contributed by atoms with E-state index in [0.717, 1.165) is 12.8 Å². The highest BCUT2D eigenvalue weighted by Crippen LogP contribution is 2.66. The van der Waals surface area contributed by atoms with Gasteiger partial charge in [-0.25, -0.2) is 18.5 Å². The molecule has 0 bridgehead atoms. The van der Waals surface area contributed by atoms with E-state index in [4.69, 9.17) is 19.4 Å². The van der Waals surface area contributed by atoms with Crippen molar-refractivity contribution in [3.8, 4) is 0 Å². The van der Waals surface area contributed by atoms with Crippen molar-refractivity contribution in [2.75, 3.05) is 6.61 Å². The zero-order valence-electron chi connectivity index (χ0n) is 17.1. The Balaban J connectivity index is 1.72. The van der Waals surface area contributed by atoms with Crippen LogP contribution in [0.15, 0.2) is 15.8 Å². The highest BCUT2D eigenvalue weighted by atomic mass is 31.3. The van der Waals surface area contributed by atoms with Crippen LogP contribution >= 0.6 is 23.5 Å². The Kier molecular flexibility index (Phi) is 8.22. The Morgan fingerprint density at radius 2 is 1.62 bits per heavy atom. The van der Waals surface area contributed by atoms with Crippen LogP contribution in [0.4, 0.5) is 0 Å². The van der Waals surface area contributed by atoms with Crippen molar-refractivity contribution in [1.82, 2.24) is 9.55 Å². The Hall–Kier alpha value is -1.03. The molecule has 3 rings (SSSR count). The fraction of sp³-hybridized carbons (Fsp3) is 0.714. The van der Waals surface area contributed by atoms with Crippen LogP contribution in [0, 0.1) is 0 Å². The smallest absolute Gasteiger partial charge is 0.387 e. The Morgan fingerprint density at radius 3 is 2.21 bits per heavy atom. The quantitative estimate of drug-likeness (QED) is 0.184. The van der Waals surface area contributed by atoms with E-state index in [1.54, 1.807) is 0 Å². The lowest BCUT2D eigenvalue weighted by Gasteiger charge is -2.19. The molecule has 0 aromatic carbocycles. The Labute approximate surface area is 190 Å². The van der Waals surface area contributed by atoms with E-state index in [9.17, 15) is 38.4 Å². The molecule has 4 unspecified atom stereocenters. The first-order chi connectivity index (χ1) is 15.6. The van der Waals surface area contributed by atoms with Crippen LogP contribution in [-0.2, 0) is 31.6 Å². The van der Waals surface area contributed by atoms with Gasteiger partial charge in [-0.3, -0.25) is 18.9 Å². The second kappa shape index (κ2) is 10.1. The number of phosphoric acid groups is 3. The summed E-state index contributed by atoms with van der Waals surface area (Å²) in [6, 6.07) is -0.173. The Bertz CT molecular complexity index is 1150. The highest BCUT2D eigenvalue weighted by molar-refractivity contribution is 7.66. The van der Waals surface area contributed by atoms with Crippen molar-refractivity contribution in [2.45, 2.75) is 56.1 Å². The van der Waals surface area contributed by atoms with E-state index < -0.39 is 65.7 Å². The standard InChI is InChI=1S/C14H23N2O15P3/c17-10-9(6-28-33(24,25)31-34(26,27)30-32(21,22)23)29-12(11(10)18)8-5-16(7-3-1-2-4-7)14(20)15-13(8)19/h5,7,9-12,17-18H,1-4,6H2,(H,24,25)(H,26,27)(H,15,19,20)(H2,21,22,23)/t9-,10?,11?,12+/m1/s1. The van der Waals surface area contributed by atoms with Crippen molar-refractivity contribution < 1.29 is 61.4 Å². The number of aliphatic hydroxyl groups is 2. The molecule has 1 saturated carbocycles. The SMILES string of the molecule is O=c1[nH]c(=O)n(C2CCCC2)cc1[C@@H]1O[C@H](COP(=O)(O)OP(=O)(O)OP(=O)(O)O)C(O)C1O. The molecule has 2 heterocycles. The molecular weight excluding hydrogens is 529 g/mol. The van der Waals surface area contributed by atoms with E-state index in [1.807, 2.05) is 0 Å². The van der Waals surface area contributed by atoms with Crippen LogP contribution in [0.3, 0.4) is 0 Å². The fourth-order valence-corrected chi connectivity index (χ4v) is 6.80. The molecule has 1 saturated heterocycles. The van der Waals surface area contributed by atoms with Gasteiger partial charge in [0.2, 0.25) is 0 Å². The molecule has 6 atom stereocenters. The number of phosphoric ester groups is 1. The van der Waals surface area contributed by atoms with Crippen LogP contribution in [0.25, 0.3) is 0 Å². The number of nitrogens with zero attached hydrogens (tertiary/aromatic N) is 1. The van der Waals surface area contributed by atoms with Gasteiger partial charge in [0.05, 0.1) is 12.2 Å². The van der Waals surface area contributed by atoms with Crippen molar-refractivity contribution in [3.05, 3.63) is 32.6 Å². The van der Waals surface area contributed by atoms with E-state index >= 15 is 0 Å². The molecule has 1 aromatic rings. The number of H-pyrrole nitrogens is 1. The maximum absolute atomic E-state index is 12.3. The van der Waals surface area contributed by atoms with Gasteiger partial charge in [-0.05, 0) is 12.8 Å². The molecule has 1 aliphatic heterocycles. The molecule has 0 amide bonds. The molecule has 20 heteroatoms. The maximum Gasteiger partial charge on any atom is 0.490 e. The Morgan fingerprint density at radius 1 is 1.00 bits per heavy atom. The predicted octanol–water partition coefficient (Wildman–Crippen LogP) is -0.843. The van der Waals surface area contributed by atoms with Crippen LogP contribution in [0.5, 0.6) is 0 Å². The van der Waals surface area contributed by atoms with Gasteiger partial charge in [0.1, 0.15) is 24.4 Å². The summed E-state index contributed by atoms with van der Waals surface area (Å²) in [6.45, 7) is -1.03. The first kappa shape index (κ1) is 27.6. The third kappa shape index (κ3) is 6.80. The predicted molar refractivity (Wildman–Crippen MR) is 108 cm³/mol. The third-order valence-electron chi connectivity index (χ3n) is 5.20. The number of nitrogens with one attached hydrogen (secondary N) is 1. The monoisotopic (exact) mass is 552 g/mol. The molecule has 2 fully saturated rings. The number of hydrogen-bond donors (Lipinski definition) is 7. The zero-order valence-corrected chi connectivity index (χ0v) is 19.8. The first-order valence-corrected chi connectivity index (χ1v) is 14.3. The molecule has 1 aromatic heterocycles. The molecule has 1 aliphatic carbocycles. The van der Waals surface area contributed by atoms with Crippen molar-refractivity contribution in [3.63, 3.8) is 0 Å². The lowest BCUT2D eigenvalue weighted by molar-refractivity contribution is -0.0228.